The van der Waals surface area contributed by atoms with Crippen molar-refractivity contribution in [2.45, 2.75) is 31.6 Å². The first kappa shape index (κ1) is 14.4. The second-order valence-electron chi connectivity index (χ2n) is 4.25. The number of nitrogens with one attached hydrogen (secondary N) is 1. The predicted octanol–water partition coefficient (Wildman–Crippen LogP) is 2.45. The summed E-state index contributed by atoms with van der Waals surface area (Å²) in [6.45, 7) is 4.66. The van der Waals surface area contributed by atoms with Gasteiger partial charge in [0.2, 0.25) is 10.0 Å². The summed E-state index contributed by atoms with van der Waals surface area (Å²) < 4.78 is 26.2. The minimum Gasteiger partial charge on any atom is -0.244 e. The van der Waals surface area contributed by atoms with E-state index in [9.17, 15) is 8.42 Å². The van der Waals surface area contributed by atoms with E-state index in [0.29, 0.717) is 12.5 Å². The minimum atomic E-state index is -3.46. The van der Waals surface area contributed by atoms with Crippen molar-refractivity contribution >= 4 is 21.6 Å². The summed E-state index contributed by atoms with van der Waals surface area (Å²) in [5.74, 6) is 0.579. The number of hydrogen-bond donors (Lipinski definition) is 1. The van der Waals surface area contributed by atoms with Gasteiger partial charge < -0.3 is 0 Å². The molecular weight excluding hydrogens is 260 g/mol. The van der Waals surface area contributed by atoms with Crippen molar-refractivity contribution in [3.63, 3.8) is 0 Å². The molecule has 0 spiro atoms. The lowest BCUT2D eigenvalue weighted by molar-refractivity contribution is 0.540. The van der Waals surface area contributed by atoms with Crippen molar-refractivity contribution in [1.82, 2.24) is 9.71 Å². The second kappa shape index (κ2) is 6.33. The van der Waals surface area contributed by atoms with Gasteiger partial charge in [0.25, 0.3) is 0 Å². The standard InChI is InChI=1S/C11H17ClN2O2S/c1-9(2)4-3-6-14-17(15,16)10-5-7-13-11(12)8-10/h5,7-9,14H,3-4,6H2,1-2H3. The van der Waals surface area contributed by atoms with E-state index >= 15 is 0 Å². The molecule has 0 atom stereocenters. The molecule has 96 valence electrons. The molecule has 0 bridgehead atoms. The van der Waals surface area contributed by atoms with Gasteiger partial charge in [-0.15, -0.1) is 0 Å². The van der Waals surface area contributed by atoms with Gasteiger partial charge in [0, 0.05) is 12.7 Å². The van der Waals surface area contributed by atoms with E-state index in [0.717, 1.165) is 12.8 Å². The molecular formula is C11H17ClN2O2S. The topological polar surface area (TPSA) is 59.1 Å². The molecule has 0 aliphatic rings. The number of nitrogens with zero attached hydrogens (tertiary/aromatic N) is 1. The normalized spacial score (nSPS) is 12.0. The highest BCUT2D eigenvalue weighted by atomic mass is 35.5. The number of halogens is 1. The smallest absolute Gasteiger partial charge is 0.240 e. The maximum absolute atomic E-state index is 11.8. The van der Waals surface area contributed by atoms with E-state index in [1.54, 1.807) is 0 Å². The van der Waals surface area contributed by atoms with Crippen LogP contribution in [0.2, 0.25) is 5.15 Å². The third kappa shape index (κ3) is 5.02. The van der Waals surface area contributed by atoms with Gasteiger partial charge in [0.15, 0.2) is 0 Å². The van der Waals surface area contributed by atoms with E-state index in [1.807, 2.05) is 0 Å². The monoisotopic (exact) mass is 276 g/mol. The lowest BCUT2D eigenvalue weighted by atomic mass is 10.1. The molecule has 4 nitrogen and oxygen atoms in total. The summed E-state index contributed by atoms with van der Waals surface area (Å²) in [7, 11) is -3.46. The van der Waals surface area contributed by atoms with Gasteiger partial charge >= 0.3 is 0 Å². The molecule has 0 amide bonds. The Bertz CT molecular complexity index is 460. The van der Waals surface area contributed by atoms with E-state index in [4.69, 9.17) is 11.6 Å². The number of pyridine rings is 1. The van der Waals surface area contributed by atoms with Crippen LogP contribution in [0.25, 0.3) is 0 Å². The maximum Gasteiger partial charge on any atom is 0.240 e. The molecule has 0 aliphatic carbocycles. The Morgan fingerprint density at radius 3 is 2.76 bits per heavy atom. The quantitative estimate of drug-likeness (QED) is 0.641. The molecule has 1 aromatic rings. The molecule has 0 fully saturated rings. The molecule has 0 saturated heterocycles. The number of rotatable bonds is 6. The summed E-state index contributed by atoms with van der Waals surface area (Å²) in [5, 5.41) is 0.176. The third-order valence-electron chi connectivity index (χ3n) is 2.26. The lowest BCUT2D eigenvalue weighted by Crippen LogP contribution is -2.25. The Morgan fingerprint density at radius 1 is 1.47 bits per heavy atom. The van der Waals surface area contributed by atoms with E-state index in [-0.39, 0.29) is 10.0 Å². The largest absolute Gasteiger partial charge is 0.244 e. The third-order valence-corrected chi connectivity index (χ3v) is 3.92. The summed E-state index contributed by atoms with van der Waals surface area (Å²) in [5.41, 5.74) is 0. The highest BCUT2D eigenvalue weighted by molar-refractivity contribution is 7.89. The van der Waals surface area contributed by atoms with Crippen LogP contribution in [0, 0.1) is 5.92 Å². The van der Waals surface area contributed by atoms with Crippen LogP contribution in [-0.4, -0.2) is 19.9 Å². The molecule has 17 heavy (non-hydrogen) atoms. The molecule has 0 saturated carbocycles. The molecule has 1 rings (SSSR count). The van der Waals surface area contributed by atoms with Gasteiger partial charge in [-0.1, -0.05) is 25.4 Å². The van der Waals surface area contributed by atoms with Crippen LogP contribution in [0.4, 0.5) is 0 Å². The SMILES string of the molecule is CC(C)CCCNS(=O)(=O)c1ccnc(Cl)c1. The Balaban J connectivity index is 2.57. The predicted molar refractivity (Wildman–Crippen MR) is 68.5 cm³/mol. The van der Waals surface area contributed by atoms with Crippen LogP contribution in [0.1, 0.15) is 26.7 Å². The molecule has 0 aliphatic heterocycles. The van der Waals surface area contributed by atoms with Crippen LogP contribution in [-0.2, 0) is 10.0 Å². The van der Waals surface area contributed by atoms with Gasteiger partial charge in [-0.25, -0.2) is 18.1 Å². The molecule has 0 radical (unpaired) electrons. The highest BCUT2D eigenvalue weighted by Gasteiger charge is 2.13. The van der Waals surface area contributed by atoms with Crippen molar-refractivity contribution in [2.24, 2.45) is 5.92 Å². The van der Waals surface area contributed by atoms with Crippen molar-refractivity contribution in [3.8, 4) is 0 Å². The Hall–Kier alpha value is -0.650. The van der Waals surface area contributed by atoms with Gasteiger partial charge in [-0.3, -0.25) is 0 Å². The van der Waals surface area contributed by atoms with Gasteiger partial charge in [-0.05, 0) is 30.9 Å². The van der Waals surface area contributed by atoms with Crippen LogP contribution >= 0.6 is 11.6 Å². The zero-order valence-electron chi connectivity index (χ0n) is 9.98. The first-order chi connectivity index (χ1) is 7.92. The second-order valence-corrected chi connectivity index (χ2v) is 6.40. The zero-order valence-corrected chi connectivity index (χ0v) is 11.6. The zero-order chi connectivity index (χ0) is 12.9. The number of sulfonamides is 1. The fourth-order valence-electron chi connectivity index (χ4n) is 1.35. The molecule has 1 aromatic heterocycles. The Morgan fingerprint density at radius 2 is 2.18 bits per heavy atom. The van der Waals surface area contributed by atoms with Crippen molar-refractivity contribution < 1.29 is 8.42 Å². The summed E-state index contributed by atoms with van der Waals surface area (Å²) in [4.78, 5) is 3.90. The van der Waals surface area contributed by atoms with Gasteiger partial charge in [0.1, 0.15) is 5.15 Å². The van der Waals surface area contributed by atoms with Gasteiger partial charge in [0.05, 0.1) is 4.90 Å². The minimum absolute atomic E-state index is 0.155. The lowest BCUT2D eigenvalue weighted by Gasteiger charge is -2.07. The molecule has 1 heterocycles. The summed E-state index contributed by atoms with van der Waals surface area (Å²) in [6, 6.07) is 2.77. The molecule has 0 aromatic carbocycles. The molecule has 0 unspecified atom stereocenters. The Kier molecular flexibility index (Phi) is 5.36. The summed E-state index contributed by atoms with van der Waals surface area (Å²) >= 11 is 5.65. The van der Waals surface area contributed by atoms with Crippen molar-refractivity contribution in [3.05, 3.63) is 23.5 Å². The van der Waals surface area contributed by atoms with E-state index in [1.165, 1.54) is 18.3 Å². The average molecular weight is 277 g/mol. The van der Waals surface area contributed by atoms with E-state index < -0.39 is 10.0 Å². The number of aromatic nitrogens is 1. The molecule has 6 heteroatoms. The first-order valence-electron chi connectivity index (χ1n) is 5.53. The van der Waals surface area contributed by atoms with Crippen LogP contribution in [0.3, 0.4) is 0 Å². The van der Waals surface area contributed by atoms with Crippen LogP contribution in [0.15, 0.2) is 23.2 Å². The van der Waals surface area contributed by atoms with Crippen molar-refractivity contribution in [2.75, 3.05) is 6.54 Å². The Labute approximate surface area is 107 Å². The average Bonchev–Trinajstić information content (AvgIpc) is 2.24. The first-order valence-corrected chi connectivity index (χ1v) is 7.39. The fraction of sp³-hybridized carbons (Fsp3) is 0.545. The van der Waals surface area contributed by atoms with Crippen molar-refractivity contribution in [1.29, 1.82) is 0 Å². The maximum atomic E-state index is 11.8. The van der Waals surface area contributed by atoms with E-state index in [2.05, 4.69) is 23.6 Å². The fourth-order valence-corrected chi connectivity index (χ4v) is 2.68. The molecule has 1 N–H and O–H groups in total. The van der Waals surface area contributed by atoms with Crippen LogP contribution in [0.5, 0.6) is 0 Å². The summed E-state index contributed by atoms with van der Waals surface area (Å²) in [6.07, 6.45) is 3.21. The van der Waals surface area contributed by atoms with Gasteiger partial charge in [-0.2, -0.15) is 0 Å². The number of hydrogen-bond acceptors (Lipinski definition) is 3. The highest BCUT2D eigenvalue weighted by Crippen LogP contribution is 2.12. The van der Waals surface area contributed by atoms with Crippen LogP contribution < -0.4 is 4.72 Å².